The number of benzene rings is 2. The molecule has 0 saturated carbocycles. The molecule has 2 aliphatic heterocycles. The highest BCUT2D eigenvalue weighted by atomic mass is 32.2. The maximum Gasteiger partial charge on any atom is 0.359 e. The van der Waals surface area contributed by atoms with Gasteiger partial charge in [0, 0.05) is 29.8 Å². The molecule has 0 aliphatic carbocycles. The number of hydrogen-bond acceptors (Lipinski definition) is 7. The Balaban J connectivity index is 1.65. The Bertz CT molecular complexity index is 1430. The van der Waals surface area contributed by atoms with Crippen LogP contribution in [0.25, 0.3) is 16.9 Å². The van der Waals surface area contributed by atoms with Gasteiger partial charge in [0.25, 0.3) is 5.91 Å². The normalized spacial score (nSPS) is 18.5. The Morgan fingerprint density at radius 2 is 1.97 bits per heavy atom. The molecule has 9 nitrogen and oxygen atoms in total. The van der Waals surface area contributed by atoms with Gasteiger partial charge in [-0.2, -0.15) is 5.10 Å². The summed E-state index contributed by atoms with van der Waals surface area (Å²) in [4.78, 5) is 27.6. The number of aliphatic hydroxyl groups is 1. The van der Waals surface area contributed by atoms with Crippen LogP contribution in [0.1, 0.15) is 46.2 Å². The molecule has 3 aromatic rings. The molecule has 0 bridgehead atoms. The average Bonchev–Trinajstić information content (AvgIpc) is 3.23. The van der Waals surface area contributed by atoms with E-state index >= 15 is 0 Å². The van der Waals surface area contributed by atoms with E-state index in [-0.39, 0.29) is 41.0 Å². The molecule has 1 fully saturated rings. The van der Waals surface area contributed by atoms with E-state index in [1.165, 1.54) is 10.7 Å². The second-order valence-electron chi connectivity index (χ2n) is 8.66. The molecule has 35 heavy (non-hydrogen) atoms. The van der Waals surface area contributed by atoms with Gasteiger partial charge in [0.2, 0.25) is 0 Å². The fourth-order valence-corrected chi connectivity index (χ4v) is 6.30. The van der Waals surface area contributed by atoms with Crippen molar-refractivity contribution < 1.29 is 27.9 Å². The zero-order valence-electron chi connectivity index (χ0n) is 19.2. The van der Waals surface area contributed by atoms with Crippen LogP contribution in [-0.2, 0) is 20.3 Å². The lowest BCUT2D eigenvalue weighted by Crippen LogP contribution is -2.42. The zero-order valence-corrected chi connectivity index (χ0v) is 20.0. The smallest absolute Gasteiger partial charge is 0.359 e. The first-order valence-corrected chi connectivity index (χ1v) is 13.1. The number of piperidine rings is 1. The number of esters is 1. The number of sulfone groups is 1. The molecule has 10 heteroatoms. The summed E-state index contributed by atoms with van der Waals surface area (Å²) in [6.45, 7) is 2.63. The molecule has 1 unspecified atom stereocenters. The van der Waals surface area contributed by atoms with Crippen molar-refractivity contribution in [2.45, 2.75) is 36.5 Å². The lowest BCUT2D eigenvalue weighted by Gasteiger charge is -2.30. The molecule has 1 aromatic heterocycles. The summed E-state index contributed by atoms with van der Waals surface area (Å²) in [5, 5.41) is 14.5. The zero-order chi connectivity index (χ0) is 24.7. The fraction of sp³-hybridized carbons (Fsp3) is 0.320. The van der Waals surface area contributed by atoms with Crippen molar-refractivity contribution in [1.29, 1.82) is 0 Å². The van der Waals surface area contributed by atoms with Crippen molar-refractivity contribution in [2.24, 2.45) is 0 Å². The lowest BCUT2D eigenvalue weighted by atomic mass is 10.0. The largest absolute Gasteiger partial charge is 0.461 e. The Morgan fingerprint density at radius 1 is 1.17 bits per heavy atom. The molecule has 2 aromatic carbocycles. The van der Waals surface area contributed by atoms with Crippen molar-refractivity contribution >= 4 is 21.7 Å². The minimum absolute atomic E-state index is 0.0594. The third kappa shape index (κ3) is 4.12. The number of likely N-dealkylation sites (tertiary alicyclic amines) is 1. The van der Waals surface area contributed by atoms with Crippen LogP contribution in [0.15, 0.2) is 53.4 Å². The van der Waals surface area contributed by atoms with Gasteiger partial charge in [-0.25, -0.2) is 17.9 Å². The van der Waals surface area contributed by atoms with Gasteiger partial charge in [-0.05, 0) is 44.0 Å². The molecule has 1 atom stereocenters. The van der Waals surface area contributed by atoms with Crippen LogP contribution < -0.4 is 0 Å². The Morgan fingerprint density at radius 3 is 2.74 bits per heavy atom. The van der Waals surface area contributed by atoms with Gasteiger partial charge in [-0.15, -0.1) is 0 Å². The number of amides is 1. The van der Waals surface area contributed by atoms with Crippen molar-refractivity contribution in [2.75, 3.05) is 19.7 Å². The van der Waals surface area contributed by atoms with Crippen LogP contribution in [0.4, 0.5) is 0 Å². The molecule has 1 N–H and O–H groups in total. The van der Waals surface area contributed by atoms with E-state index in [2.05, 4.69) is 5.10 Å². The van der Waals surface area contributed by atoms with Crippen LogP contribution in [0, 0.1) is 0 Å². The number of aliphatic hydroxyl groups excluding tert-OH is 1. The minimum atomic E-state index is -3.68. The number of hydrogen-bond donors (Lipinski definition) is 1. The molecule has 0 spiro atoms. The van der Waals surface area contributed by atoms with Crippen molar-refractivity contribution in [3.8, 4) is 16.9 Å². The van der Waals surface area contributed by atoms with E-state index in [1.807, 2.05) is 0 Å². The third-order valence-electron chi connectivity index (χ3n) is 6.29. The molecular formula is C25H25N3O6S. The first kappa shape index (κ1) is 23.3. The summed E-state index contributed by atoms with van der Waals surface area (Å²) in [7, 11) is -3.68. The molecule has 1 amide bonds. The van der Waals surface area contributed by atoms with Crippen LogP contribution in [-0.4, -0.2) is 65.9 Å². The molecule has 0 radical (unpaired) electrons. The minimum Gasteiger partial charge on any atom is -0.461 e. The third-order valence-corrected chi connectivity index (χ3v) is 7.98. The number of nitrogens with zero attached hydrogens (tertiary/aromatic N) is 3. The van der Waals surface area contributed by atoms with Crippen molar-refractivity contribution in [3.63, 3.8) is 0 Å². The number of carbonyl (C=O) groups is 2. The predicted molar refractivity (Wildman–Crippen MR) is 127 cm³/mol. The molecule has 2 aliphatic rings. The van der Waals surface area contributed by atoms with E-state index in [1.54, 1.807) is 54.3 Å². The average molecular weight is 496 g/mol. The first-order chi connectivity index (χ1) is 16.8. The maximum atomic E-state index is 13.1. The SMILES string of the molecule is CCOC(=O)c1nn(-c2cccc(C(=O)N3CCCC(O)C3)c2)c2c1CS(=O)(=O)c1ccccc1-2. The number of aromatic nitrogens is 2. The fourth-order valence-electron chi connectivity index (χ4n) is 4.71. The first-order valence-electron chi connectivity index (χ1n) is 11.5. The number of ether oxygens (including phenoxy) is 1. The van der Waals surface area contributed by atoms with Gasteiger partial charge in [0.05, 0.1) is 34.7 Å². The maximum absolute atomic E-state index is 13.1. The summed E-state index contributed by atoms with van der Waals surface area (Å²) in [5.74, 6) is -1.29. The molecule has 5 rings (SSSR count). The van der Waals surface area contributed by atoms with E-state index in [9.17, 15) is 23.1 Å². The second kappa shape index (κ2) is 8.94. The molecular weight excluding hydrogens is 470 g/mol. The van der Waals surface area contributed by atoms with E-state index in [4.69, 9.17) is 4.74 Å². The Kier molecular flexibility index (Phi) is 5.94. The summed E-state index contributed by atoms with van der Waals surface area (Å²) >= 11 is 0. The highest BCUT2D eigenvalue weighted by Gasteiger charge is 2.36. The topological polar surface area (TPSA) is 119 Å². The van der Waals surface area contributed by atoms with Gasteiger partial charge in [-0.3, -0.25) is 4.79 Å². The molecule has 1 saturated heterocycles. The number of β-amino-alcohol motifs (C(OH)–C–C–N with tert-alkyl or cyclic N) is 1. The monoisotopic (exact) mass is 495 g/mol. The Hall–Kier alpha value is -3.50. The quantitative estimate of drug-likeness (QED) is 0.553. The van der Waals surface area contributed by atoms with Gasteiger partial charge in [-0.1, -0.05) is 24.3 Å². The van der Waals surface area contributed by atoms with Crippen LogP contribution in [0.3, 0.4) is 0 Å². The summed E-state index contributed by atoms with van der Waals surface area (Å²) in [5.41, 5.74) is 2.06. The lowest BCUT2D eigenvalue weighted by molar-refractivity contribution is 0.0473. The second-order valence-corrected chi connectivity index (χ2v) is 10.6. The standard InChI is InChI=1S/C25H25N3O6S/c1-2-34-25(31)22-20-15-35(32,33)21-11-4-3-10-19(21)23(20)28(26-22)17-8-5-7-16(13-17)24(30)27-12-6-9-18(29)14-27/h3-5,7-8,10-11,13,18,29H,2,6,9,12,14-15H2,1H3. The highest BCUT2D eigenvalue weighted by Crippen LogP contribution is 2.40. The van der Waals surface area contributed by atoms with Gasteiger partial charge >= 0.3 is 5.97 Å². The summed E-state index contributed by atoms with van der Waals surface area (Å²) in [6.07, 6.45) is 0.856. The highest BCUT2D eigenvalue weighted by molar-refractivity contribution is 7.90. The van der Waals surface area contributed by atoms with Gasteiger partial charge in [0.1, 0.15) is 0 Å². The number of carbonyl (C=O) groups excluding carboxylic acids is 2. The van der Waals surface area contributed by atoms with Gasteiger partial charge < -0.3 is 14.7 Å². The molecule has 3 heterocycles. The van der Waals surface area contributed by atoms with Crippen LogP contribution >= 0.6 is 0 Å². The predicted octanol–water partition coefficient (Wildman–Crippen LogP) is 2.60. The number of rotatable bonds is 4. The molecule has 182 valence electrons. The van der Waals surface area contributed by atoms with Crippen LogP contribution in [0.2, 0.25) is 0 Å². The summed E-state index contributed by atoms with van der Waals surface area (Å²) < 4.78 is 32.7. The van der Waals surface area contributed by atoms with Crippen LogP contribution in [0.5, 0.6) is 0 Å². The Labute approximate surface area is 202 Å². The van der Waals surface area contributed by atoms with Crippen molar-refractivity contribution in [3.05, 3.63) is 65.4 Å². The van der Waals surface area contributed by atoms with Crippen molar-refractivity contribution in [1.82, 2.24) is 14.7 Å². The van der Waals surface area contributed by atoms with E-state index < -0.39 is 21.9 Å². The number of fused-ring (bicyclic) bond motifs is 3. The van der Waals surface area contributed by atoms with Gasteiger partial charge in [0.15, 0.2) is 15.5 Å². The van der Waals surface area contributed by atoms with E-state index in [0.29, 0.717) is 35.5 Å². The summed E-state index contributed by atoms with van der Waals surface area (Å²) in [6, 6.07) is 13.4. The van der Waals surface area contributed by atoms with E-state index in [0.717, 1.165) is 6.42 Å².